The van der Waals surface area contributed by atoms with Crippen LogP contribution < -0.4 is 16.0 Å². The van der Waals surface area contributed by atoms with Gasteiger partial charge in [-0.05, 0) is 47.9 Å². The molecule has 1 aliphatic heterocycles. The summed E-state index contributed by atoms with van der Waals surface area (Å²) in [5.41, 5.74) is 12.1. The van der Waals surface area contributed by atoms with E-state index >= 15 is 0 Å². The Kier molecular flexibility index (Phi) is 5.11. The molecule has 1 aromatic heterocycles. The van der Waals surface area contributed by atoms with Crippen molar-refractivity contribution in [2.24, 2.45) is 17.8 Å². The van der Waals surface area contributed by atoms with Crippen LogP contribution in [0.25, 0.3) is 10.9 Å². The normalized spacial score (nSPS) is 13.4. The third-order valence-corrected chi connectivity index (χ3v) is 5.91. The lowest BCUT2D eigenvalue weighted by Crippen LogP contribution is -2.33. The first kappa shape index (κ1) is 19.9. The van der Waals surface area contributed by atoms with Crippen LogP contribution in [0.3, 0.4) is 0 Å². The van der Waals surface area contributed by atoms with Gasteiger partial charge in [-0.1, -0.05) is 42.5 Å². The van der Waals surface area contributed by atoms with E-state index in [1.807, 2.05) is 72.7 Å². The number of anilines is 2. The van der Waals surface area contributed by atoms with Crippen molar-refractivity contribution < 1.29 is 4.79 Å². The molecule has 1 aliphatic rings. The molecule has 0 fully saturated rings. The summed E-state index contributed by atoms with van der Waals surface area (Å²) in [4.78, 5) is 19.4. The number of amidine groups is 1. The second-order valence-electron chi connectivity index (χ2n) is 8.07. The van der Waals surface area contributed by atoms with Crippen molar-refractivity contribution in [3.05, 3.63) is 95.7 Å². The van der Waals surface area contributed by atoms with Gasteiger partial charge >= 0.3 is 6.03 Å². The molecule has 0 saturated heterocycles. The van der Waals surface area contributed by atoms with Gasteiger partial charge in [0.1, 0.15) is 5.84 Å². The first-order valence-corrected chi connectivity index (χ1v) is 10.7. The topological polar surface area (TPSA) is 75.7 Å². The monoisotopic (exact) mass is 423 g/mol. The Morgan fingerprint density at radius 2 is 1.91 bits per heavy atom. The number of carbonyl (C=O) groups excluding carboxylic acids is 1. The van der Waals surface area contributed by atoms with Gasteiger partial charge in [0, 0.05) is 47.6 Å². The van der Waals surface area contributed by atoms with E-state index in [0.29, 0.717) is 18.9 Å². The predicted molar refractivity (Wildman–Crippen MR) is 130 cm³/mol. The number of hydrogen-bond donors (Lipinski definition) is 2. The van der Waals surface area contributed by atoms with Crippen molar-refractivity contribution in [1.29, 1.82) is 0 Å². The number of fused-ring (bicyclic) bond motifs is 2. The zero-order valence-corrected chi connectivity index (χ0v) is 18.0. The minimum atomic E-state index is -0.122. The van der Waals surface area contributed by atoms with E-state index in [2.05, 4.69) is 33.1 Å². The maximum absolute atomic E-state index is 13.0. The highest BCUT2D eigenvalue weighted by molar-refractivity contribution is 6.04. The SMILES string of the molecule is Cn1ccc2cc3c(cc21)CCN3C(=O)Nc1cccc(CN=C(N)c2ccccc2)c1. The molecular formula is C26H25N5O. The molecule has 4 aromatic rings. The third kappa shape index (κ3) is 3.83. The van der Waals surface area contributed by atoms with Gasteiger partial charge in [-0.2, -0.15) is 0 Å². The molecule has 2 heterocycles. The zero-order chi connectivity index (χ0) is 22.1. The summed E-state index contributed by atoms with van der Waals surface area (Å²) in [6, 6.07) is 23.7. The number of rotatable bonds is 4. The predicted octanol–water partition coefficient (Wildman–Crippen LogP) is 4.68. The molecule has 2 amide bonds. The third-order valence-electron chi connectivity index (χ3n) is 5.91. The number of carbonyl (C=O) groups is 1. The van der Waals surface area contributed by atoms with Gasteiger partial charge in [0.05, 0.1) is 6.54 Å². The fourth-order valence-corrected chi connectivity index (χ4v) is 4.18. The summed E-state index contributed by atoms with van der Waals surface area (Å²) in [6.45, 7) is 1.12. The number of aliphatic imine (C=N–C) groups is 1. The van der Waals surface area contributed by atoms with E-state index in [9.17, 15) is 4.79 Å². The molecule has 32 heavy (non-hydrogen) atoms. The Morgan fingerprint density at radius 1 is 1.06 bits per heavy atom. The molecule has 0 unspecified atom stereocenters. The minimum absolute atomic E-state index is 0.122. The van der Waals surface area contributed by atoms with Crippen LogP contribution in [-0.4, -0.2) is 23.0 Å². The average molecular weight is 424 g/mol. The van der Waals surface area contributed by atoms with E-state index in [1.165, 1.54) is 11.1 Å². The lowest BCUT2D eigenvalue weighted by molar-refractivity contribution is 0.257. The lowest BCUT2D eigenvalue weighted by atomic mass is 10.1. The number of benzene rings is 3. The molecule has 3 N–H and O–H groups in total. The highest BCUT2D eigenvalue weighted by Gasteiger charge is 2.25. The average Bonchev–Trinajstić information content (AvgIpc) is 3.40. The van der Waals surface area contributed by atoms with Gasteiger partial charge in [-0.25, -0.2) is 4.79 Å². The maximum Gasteiger partial charge on any atom is 0.326 e. The Bertz CT molecular complexity index is 1320. The molecule has 0 saturated carbocycles. The number of nitrogens with one attached hydrogen (secondary N) is 1. The lowest BCUT2D eigenvalue weighted by Gasteiger charge is -2.18. The summed E-state index contributed by atoms with van der Waals surface area (Å²) in [5.74, 6) is 0.501. The van der Waals surface area contributed by atoms with Crippen molar-refractivity contribution in [2.45, 2.75) is 13.0 Å². The van der Waals surface area contributed by atoms with Crippen LogP contribution in [0.5, 0.6) is 0 Å². The smallest absolute Gasteiger partial charge is 0.326 e. The fourth-order valence-electron chi connectivity index (χ4n) is 4.18. The molecule has 0 bridgehead atoms. The zero-order valence-electron chi connectivity index (χ0n) is 18.0. The van der Waals surface area contributed by atoms with Gasteiger partial charge in [0.15, 0.2) is 0 Å². The summed E-state index contributed by atoms with van der Waals surface area (Å²) in [6.07, 6.45) is 2.90. The summed E-state index contributed by atoms with van der Waals surface area (Å²) < 4.78 is 2.11. The summed E-state index contributed by atoms with van der Waals surface area (Å²) in [5, 5.41) is 4.18. The number of nitrogens with two attached hydrogens (primary N) is 1. The first-order chi connectivity index (χ1) is 15.6. The van der Waals surface area contributed by atoms with E-state index in [1.54, 1.807) is 0 Å². The number of amides is 2. The van der Waals surface area contributed by atoms with Crippen molar-refractivity contribution in [1.82, 2.24) is 4.57 Å². The minimum Gasteiger partial charge on any atom is -0.383 e. The van der Waals surface area contributed by atoms with Crippen molar-refractivity contribution >= 4 is 34.1 Å². The van der Waals surface area contributed by atoms with Crippen molar-refractivity contribution in [3.8, 4) is 0 Å². The van der Waals surface area contributed by atoms with Crippen LogP contribution in [0.15, 0.2) is 84.0 Å². The molecular weight excluding hydrogens is 398 g/mol. The number of nitrogens with zero attached hydrogens (tertiary/aromatic N) is 3. The van der Waals surface area contributed by atoms with Crippen molar-refractivity contribution in [3.63, 3.8) is 0 Å². The maximum atomic E-state index is 13.0. The molecule has 5 rings (SSSR count). The van der Waals surface area contributed by atoms with Crippen LogP contribution in [-0.2, 0) is 20.0 Å². The molecule has 3 aromatic carbocycles. The Labute approximate surface area is 187 Å². The molecule has 0 radical (unpaired) electrons. The van der Waals surface area contributed by atoms with Gasteiger partial charge in [0.25, 0.3) is 0 Å². The summed E-state index contributed by atoms with van der Waals surface area (Å²) >= 11 is 0. The van der Waals surface area contributed by atoms with E-state index in [-0.39, 0.29) is 6.03 Å². The Balaban J connectivity index is 1.30. The van der Waals surface area contributed by atoms with E-state index in [4.69, 9.17) is 5.73 Å². The highest BCUT2D eigenvalue weighted by Crippen LogP contribution is 2.33. The van der Waals surface area contributed by atoms with Crippen LogP contribution in [0, 0.1) is 0 Å². The Morgan fingerprint density at radius 3 is 2.75 bits per heavy atom. The largest absolute Gasteiger partial charge is 0.383 e. The van der Waals surface area contributed by atoms with Gasteiger partial charge in [-0.3, -0.25) is 9.89 Å². The quantitative estimate of drug-likeness (QED) is 0.369. The van der Waals surface area contributed by atoms with Crippen LogP contribution in [0.4, 0.5) is 16.2 Å². The number of aryl methyl sites for hydroxylation is 1. The molecule has 6 nitrogen and oxygen atoms in total. The fraction of sp³-hybridized carbons (Fsp3) is 0.154. The highest BCUT2D eigenvalue weighted by atomic mass is 16.2. The first-order valence-electron chi connectivity index (χ1n) is 10.7. The summed E-state index contributed by atoms with van der Waals surface area (Å²) in [7, 11) is 2.04. The number of aromatic nitrogens is 1. The van der Waals surface area contributed by atoms with Gasteiger partial charge in [0.2, 0.25) is 0 Å². The molecule has 6 heteroatoms. The van der Waals surface area contributed by atoms with Crippen LogP contribution >= 0.6 is 0 Å². The standard InChI is InChI=1S/C26H25N5O/c1-30-12-10-20-16-24-21(15-23(20)30)11-13-31(24)26(32)29-22-9-5-6-18(14-22)17-28-25(27)19-7-3-2-4-8-19/h2-10,12,14-16H,11,13,17H2,1H3,(H2,27,28)(H,29,32). The van der Waals surface area contributed by atoms with Crippen LogP contribution in [0.2, 0.25) is 0 Å². The Hall–Kier alpha value is -4.06. The van der Waals surface area contributed by atoms with E-state index in [0.717, 1.165) is 34.3 Å². The number of urea groups is 1. The van der Waals surface area contributed by atoms with Crippen LogP contribution in [0.1, 0.15) is 16.7 Å². The molecule has 0 atom stereocenters. The van der Waals surface area contributed by atoms with Crippen molar-refractivity contribution in [2.75, 3.05) is 16.8 Å². The van der Waals surface area contributed by atoms with Gasteiger partial charge in [-0.15, -0.1) is 0 Å². The molecule has 0 aliphatic carbocycles. The second kappa shape index (κ2) is 8.23. The second-order valence-corrected chi connectivity index (χ2v) is 8.07. The molecule has 160 valence electrons. The van der Waals surface area contributed by atoms with Gasteiger partial charge < -0.3 is 15.6 Å². The number of hydrogen-bond acceptors (Lipinski definition) is 2. The van der Waals surface area contributed by atoms with E-state index < -0.39 is 0 Å². The molecule has 0 spiro atoms.